The Labute approximate surface area is 167 Å². The summed E-state index contributed by atoms with van der Waals surface area (Å²) < 4.78 is 36.4. The van der Waals surface area contributed by atoms with Crippen LogP contribution in [0.5, 0.6) is 0 Å². The summed E-state index contributed by atoms with van der Waals surface area (Å²) in [5, 5.41) is 5.45. The van der Waals surface area contributed by atoms with E-state index in [9.17, 15) is 18.0 Å². The van der Waals surface area contributed by atoms with Crippen LogP contribution in [0.25, 0.3) is 0 Å². The average molecular weight is 446 g/mol. The van der Waals surface area contributed by atoms with E-state index in [0.29, 0.717) is 5.02 Å². The number of nitrogens with one attached hydrogen (secondary N) is 2. The zero-order valence-corrected chi connectivity index (χ0v) is 15.8. The van der Waals surface area contributed by atoms with Gasteiger partial charge in [-0.25, -0.2) is 0 Å². The third-order valence-corrected chi connectivity index (χ3v) is 4.12. The lowest BCUT2D eigenvalue weighted by atomic mass is 10.2. The maximum atomic E-state index is 12.8. The van der Waals surface area contributed by atoms with Crippen molar-refractivity contribution in [2.24, 2.45) is 0 Å². The van der Waals surface area contributed by atoms with Gasteiger partial charge in [-0.3, -0.25) is 4.79 Å². The monoisotopic (exact) mass is 444 g/mol. The van der Waals surface area contributed by atoms with E-state index in [1.54, 1.807) is 0 Å². The van der Waals surface area contributed by atoms with Crippen LogP contribution in [0.2, 0.25) is 5.02 Å². The van der Waals surface area contributed by atoms with Gasteiger partial charge in [-0.1, -0.05) is 52.5 Å². The smallest absolute Gasteiger partial charge is 0.362 e. The van der Waals surface area contributed by atoms with Crippen molar-refractivity contribution in [3.05, 3.63) is 64.7 Å². The summed E-state index contributed by atoms with van der Waals surface area (Å²) in [6.45, 7) is 0. The fourth-order valence-electron chi connectivity index (χ4n) is 1.97. The van der Waals surface area contributed by atoms with Crippen LogP contribution in [0, 0.1) is 0 Å². The Morgan fingerprint density at radius 2 is 1.62 bits per heavy atom. The first-order chi connectivity index (χ1) is 12.0. The summed E-state index contributed by atoms with van der Waals surface area (Å²) in [6, 6.07) is 10.2. The van der Waals surface area contributed by atoms with Crippen LogP contribution >= 0.6 is 46.4 Å². The van der Waals surface area contributed by atoms with E-state index in [-0.39, 0.29) is 11.3 Å². The second kappa shape index (κ2) is 8.13. The van der Waals surface area contributed by atoms with Crippen LogP contribution < -0.4 is 10.6 Å². The molecular weight excluding hydrogens is 435 g/mol. The molecule has 2 aromatic carbocycles. The fourth-order valence-corrected chi connectivity index (χ4v) is 2.42. The van der Waals surface area contributed by atoms with Gasteiger partial charge in [0.25, 0.3) is 5.91 Å². The lowest BCUT2D eigenvalue weighted by molar-refractivity contribution is -0.137. The molecule has 2 rings (SSSR count). The molecule has 0 saturated heterocycles. The van der Waals surface area contributed by atoms with Crippen molar-refractivity contribution in [2.75, 3.05) is 5.32 Å². The molecule has 0 aromatic heterocycles. The number of hydrogen-bond donors (Lipinski definition) is 2. The predicted octanol–water partition coefficient (Wildman–Crippen LogP) is 5.90. The summed E-state index contributed by atoms with van der Waals surface area (Å²) in [6.07, 6.45) is -5.82. The Hall–Kier alpha value is -1.34. The van der Waals surface area contributed by atoms with Crippen LogP contribution in [-0.2, 0) is 6.18 Å². The van der Waals surface area contributed by atoms with Gasteiger partial charge in [-0.15, -0.1) is 0 Å². The molecule has 0 fully saturated rings. The molecule has 2 N–H and O–H groups in total. The number of hydrogen-bond acceptors (Lipinski definition) is 2. The number of alkyl halides is 6. The highest BCUT2D eigenvalue weighted by Crippen LogP contribution is 2.34. The van der Waals surface area contributed by atoms with Crippen LogP contribution in [0.3, 0.4) is 0 Å². The first-order valence-corrected chi connectivity index (χ1v) is 8.55. The van der Waals surface area contributed by atoms with Crippen LogP contribution in [0.1, 0.15) is 15.9 Å². The van der Waals surface area contributed by atoms with E-state index in [4.69, 9.17) is 46.4 Å². The quantitative estimate of drug-likeness (QED) is 0.454. The molecule has 1 amide bonds. The third kappa shape index (κ3) is 5.84. The summed E-state index contributed by atoms with van der Waals surface area (Å²) >= 11 is 23.3. The minimum absolute atomic E-state index is 0.0209. The Kier molecular flexibility index (Phi) is 6.55. The van der Waals surface area contributed by atoms with Gasteiger partial charge in [0.05, 0.1) is 5.56 Å². The fraction of sp³-hybridized carbons (Fsp3) is 0.188. The molecule has 10 heteroatoms. The van der Waals surface area contributed by atoms with Gasteiger partial charge in [-0.2, -0.15) is 13.2 Å². The molecule has 0 aliphatic carbocycles. The van der Waals surface area contributed by atoms with Crippen molar-refractivity contribution < 1.29 is 18.0 Å². The normalized spacial score (nSPS) is 13.2. The highest BCUT2D eigenvalue weighted by atomic mass is 35.6. The van der Waals surface area contributed by atoms with E-state index < -0.39 is 27.6 Å². The van der Waals surface area contributed by atoms with Gasteiger partial charge in [0, 0.05) is 16.3 Å². The van der Waals surface area contributed by atoms with Crippen molar-refractivity contribution >= 4 is 58.0 Å². The lowest BCUT2D eigenvalue weighted by Gasteiger charge is -2.27. The second-order valence-corrected chi connectivity index (χ2v) is 7.98. The summed E-state index contributed by atoms with van der Waals surface area (Å²) in [4.78, 5) is 12.3. The predicted molar refractivity (Wildman–Crippen MR) is 98.1 cm³/mol. The number of carbonyl (C=O) groups is 1. The van der Waals surface area contributed by atoms with Gasteiger partial charge in [0.15, 0.2) is 0 Å². The van der Waals surface area contributed by atoms with Crippen LogP contribution in [0.4, 0.5) is 18.9 Å². The zero-order valence-electron chi connectivity index (χ0n) is 12.8. The molecule has 2 aromatic rings. The lowest BCUT2D eigenvalue weighted by Crippen LogP contribution is -2.49. The first kappa shape index (κ1) is 21.0. The van der Waals surface area contributed by atoms with Crippen molar-refractivity contribution in [3.63, 3.8) is 0 Å². The minimum atomic E-state index is -4.53. The highest BCUT2D eigenvalue weighted by Gasteiger charge is 2.35. The Bertz CT molecular complexity index is 776. The SMILES string of the molecule is O=C(N[C@H](Nc1cccc(C(F)(F)F)c1)C(Cl)(Cl)Cl)c1ccc(Cl)cc1. The van der Waals surface area contributed by atoms with E-state index >= 15 is 0 Å². The van der Waals surface area contributed by atoms with Crippen molar-refractivity contribution in [2.45, 2.75) is 16.1 Å². The maximum Gasteiger partial charge on any atom is 0.416 e. The molecule has 1 atom stereocenters. The molecule has 0 spiro atoms. The third-order valence-electron chi connectivity index (χ3n) is 3.21. The number of anilines is 1. The molecule has 0 aliphatic rings. The molecule has 0 bridgehead atoms. The highest BCUT2D eigenvalue weighted by molar-refractivity contribution is 6.68. The van der Waals surface area contributed by atoms with Gasteiger partial charge in [0.1, 0.15) is 6.17 Å². The second-order valence-electron chi connectivity index (χ2n) is 5.18. The molecule has 0 radical (unpaired) electrons. The number of benzene rings is 2. The number of amides is 1. The van der Waals surface area contributed by atoms with Crippen molar-refractivity contribution in [3.8, 4) is 0 Å². The van der Waals surface area contributed by atoms with Crippen LogP contribution in [-0.4, -0.2) is 15.9 Å². The molecule has 0 heterocycles. The van der Waals surface area contributed by atoms with E-state index in [1.165, 1.54) is 36.4 Å². The standard InChI is InChI=1S/C16H11Cl4F3N2O/c17-11-6-4-9(5-7-11)13(26)25-14(15(18,19)20)24-12-3-1-2-10(8-12)16(21,22)23/h1-8,14,24H,(H,25,26)/t14-/m0/s1. The Morgan fingerprint density at radius 3 is 2.15 bits per heavy atom. The topological polar surface area (TPSA) is 41.1 Å². The van der Waals surface area contributed by atoms with Gasteiger partial charge in [-0.05, 0) is 42.5 Å². The average Bonchev–Trinajstić information content (AvgIpc) is 2.53. The van der Waals surface area contributed by atoms with Gasteiger partial charge in [0.2, 0.25) is 3.79 Å². The molecule has 26 heavy (non-hydrogen) atoms. The Morgan fingerprint density at radius 1 is 1.00 bits per heavy atom. The molecule has 0 aliphatic heterocycles. The maximum absolute atomic E-state index is 12.8. The van der Waals surface area contributed by atoms with E-state index in [2.05, 4.69) is 10.6 Å². The molecule has 0 saturated carbocycles. The van der Waals surface area contributed by atoms with Crippen LogP contribution in [0.15, 0.2) is 48.5 Å². The molecule has 0 unspecified atom stereocenters. The number of carbonyl (C=O) groups excluding carboxylic acids is 1. The first-order valence-electron chi connectivity index (χ1n) is 7.04. The molecule has 140 valence electrons. The minimum Gasteiger partial charge on any atom is -0.362 e. The number of rotatable bonds is 4. The van der Waals surface area contributed by atoms with E-state index in [1.807, 2.05) is 0 Å². The summed E-state index contributed by atoms with van der Waals surface area (Å²) in [7, 11) is 0. The molecule has 3 nitrogen and oxygen atoms in total. The van der Waals surface area contributed by atoms with Crippen molar-refractivity contribution in [1.29, 1.82) is 0 Å². The van der Waals surface area contributed by atoms with Gasteiger partial charge >= 0.3 is 6.18 Å². The number of halogens is 7. The molecular formula is C16H11Cl4F3N2O. The van der Waals surface area contributed by atoms with Gasteiger partial charge < -0.3 is 10.6 Å². The largest absolute Gasteiger partial charge is 0.416 e. The zero-order chi connectivity index (χ0) is 19.5. The van der Waals surface area contributed by atoms with Crippen molar-refractivity contribution in [1.82, 2.24) is 5.32 Å². The Balaban J connectivity index is 2.21. The van der Waals surface area contributed by atoms with E-state index in [0.717, 1.165) is 12.1 Å². The summed E-state index contributed by atoms with van der Waals surface area (Å²) in [5.41, 5.74) is -0.623. The summed E-state index contributed by atoms with van der Waals surface area (Å²) in [5.74, 6) is -0.600.